The van der Waals surface area contributed by atoms with E-state index in [9.17, 15) is 53.4 Å². The maximum atomic E-state index is 13.8. The number of nitrogens with two attached hydrogens (primary N) is 2. The molecular weight excluding hydrogens is 778 g/mol. The lowest BCUT2D eigenvalue weighted by molar-refractivity contribution is -0.142. The summed E-state index contributed by atoms with van der Waals surface area (Å²) >= 11 is 0. The van der Waals surface area contributed by atoms with Crippen LogP contribution >= 0.6 is 0 Å². The van der Waals surface area contributed by atoms with Crippen molar-refractivity contribution in [2.75, 3.05) is 13.2 Å². The lowest BCUT2D eigenvalue weighted by Gasteiger charge is -2.27. The minimum atomic E-state index is -1.75. The van der Waals surface area contributed by atoms with Crippen LogP contribution in [-0.4, -0.2) is 139 Å². The molecule has 0 spiro atoms. The number of carboxylic acid groups (broad SMARTS) is 1. The number of aliphatic carboxylic acids is 1. The fourth-order valence-corrected chi connectivity index (χ4v) is 6.05. The van der Waals surface area contributed by atoms with Gasteiger partial charge in [-0.3, -0.25) is 38.4 Å². The third-order valence-electron chi connectivity index (χ3n) is 9.09. The van der Waals surface area contributed by atoms with Crippen molar-refractivity contribution in [2.24, 2.45) is 17.4 Å². The fraction of sp³-hybridized carbons (Fsp3) is 0.571. The number of carboxylic acids is 1. The van der Waals surface area contributed by atoms with Gasteiger partial charge in [0.2, 0.25) is 47.3 Å². The highest BCUT2D eigenvalue weighted by Gasteiger charge is 2.35. The number of nitrogens with zero attached hydrogens (tertiary/aromatic N) is 2. The Labute approximate surface area is 337 Å². The Morgan fingerprint density at radius 2 is 1.22 bits per heavy atom. The molecule has 0 saturated carbocycles. The van der Waals surface area contributed by atoms with Crippen LogP contribution in [0.5, 0.6) is 0 Å². The molecule has 0 aromatic carbocycles. The number of aromatic nitrogens is 4. The highest BCUT2D eigenvalue weighted by molar-refractivity contribution is 5.98. The number of aliphatic hydroxyl groups excluding tert-OH is 1. The summed E-state index contributed by atoms with van der Waals surface area (Å²) in [6, 6.07) is -9.61. The molecule has 8 amide bonds. The molecule has 3 rings (SSSR count). The summed E-state index contributed by atoms with van der Waals surface area (Å²) in [6.07, 6.45) is 4.85. The SMILES string of the molecule is CC(C)C[C@H](NC(=O)[C@H](Cc1cnc[nH]1)NC(=O)[C@H](CO)NC(=O)[C@H](CCC(N)=O)NC(=O)[C@H](CC(N)=O)NC(=O)[C@@H]1CCCN1)C(=O)N[C@@H](Cc1cnc[nH]1)C(=O)O. The van der Waals surface area contributed by atoms with E-state index in [4.69, 9.17) is 11.5 Å². The Hall–Kier alpha value is -6.43. The van der Waals surface area contributed by atoms with E-state index >= 15 is 0 Å². The summed E-state index contributed by atoms with van der Waals surface area (Å²) in [6.45, 7) is 3.08. The average Bonchev–Trinajstić information content (AvgIpc) is 3.99. The molecule has 7 atom stereocenters. The molecule has 3 heterocycles. The van der Waals surface area contributed by atoms with E-state index in [1.165, 1.54) is 25.0 Å². The van der Waals surface area contributed by atoms with Gasteiger partial charge in [-0.15, -0.1) is 0 Å². The second-order valence-corrected chi connectivity index (χ2v) is 14.4. The molecule has 1 saturated heterocycles. The molecular formula is C35H53N13O11. The Bertz CT molecular complexity index is 1770. The van der Waals surface area contributed by atoms with Gasteiger partial charge in [-0.1, -0.05) is 13.8 Å². The van der Waals surface area contributed by atoms with E-state index in [0.717, 1.165) is 0 Å². The maximum Gasteiger partial charge on any atom is 0.326 e. The van der Waals surface area contributed by atoms with Gasteiger partial charge in [0.05, 0.1) is 31.7 Å². The van der Waals surface area contributed by atoms with Crippen molar-refractivity contribution in [3.8, 4) is 0 Å². The molecule has 1 fully saturated rings. The molecule has 2 aromatic heterocycles. The van der Waals surface area contributed by atoms with Crippen LogP contribution in [0.3, 0.4) is 0 Å². The molecule has 0 bridgehead atoms. The number of carbonyl (C=O) groups is 9. The van der Waals surface area contributed by atoms with Gasteiger partial charge in [0.1, 0.15) is 36.3 Å². The first-order chi connectivity index (χ1) is 28.0. The van der Waals surface area contributed by atoms with Gasteiger partial charge >= 0.3 is 5.97 Å². The molecule has 324 valence electrons. The van der Waals surface area contributed by atoms with Crippen LogP contribution in [0.25, 0.3) is 0 Å². The molecule has 0 radical (unpaired) electrons. The quantitative estimate of drug-likeness (QED) is 0.0445. The van der Waals surface area contributed by atoms with Gasteiger partial charge in [0, 0.05) is 43.0 Å². The lowest BCUT2D eigenvalue weighted by atomic mass is 10.0. The van der Waals surface area contributed by atoms with Crippen LogP contribution in [0.15, 0.2) is 25.0 Å². The molecule has 1 aliphatic rings. The Morgan fingerprint density at radius 1 is 0.712 bits per heavy atom. The first-order valence-corrected chi connectivity index (χ1v) is 18.9. The highest BCUT2D eigenvalue weighted by atomic mass is 16.4. The van der Waals surface area contributed by atoms with Crippen molar-refractivity contribution in [1.29, 1.82) is 0 Å². The summed E-state index contributed by atoms with van der Waals surface area (Å²) in [5.74, 6) is -8.78. The zero-order valence-corrected chi connectivity index (χ0v) is 32.6. The number of primary amides is 2. The van der Waals surface area contributed by atoms with Gasteiger partial charge in [0.25, 0.3) is 0 Å². The third kappa shape index (κ3) is 15.8. The van der Waals surface area contributed by atoms with Crippen molar-refractivity contribution in [3.05, 3.63) is 36.4 Å². The van der Waals surface area contributed by atoms with Crippen molar-refractivity contribution in [2.45, 2.75) is 108 Å². The molecule has 15 N–H and O–H groups in total. The summed E-state index contributed by atoms with van der Waals surface area (Å²) in [5, 5.41) is 37.4. The number of aliphatic hydroxyl groups is 1. The topological polar surface area (TPSA) is 388 Å². The maximum absolute atomic E-state index is 13.8. The van der Waals surface area contributed by atoms with E-state index in [-0.39, 0.29) is 25.2 Å². The molecule has 59 heavy (non-hydrogen) atoms. The third-order valence-corrected chi connectivity index (χ3v) is 9.09. The molecule has 0 aliphatic carbocycles. The van der Waals surface area contributed by atoms with Crippen LogP contribution in [-0.2, 0) is 56.0 Å². The average molecular weight is 832 g/mol. The Balaban J connectivity index is 1.78. The second-order valence-electron chi connectivity index (χ2n) is 14.4. The normalized spacial score (nSPS) is 16.6. The predicted octanol–water partition coefficient (Wildman–Crippen LogP) is -5.16. The van der Waals surface area contributed by atoms with Crippen molar-refractivity contribution in [3.63, 3.8) is 0 Å². The minimum absolute atomic E-state index is 0.0634. The van der Waals surface area contributed by atoms with Crippen LogP contribution < -0.4 is 48.7 Å². The number of aromatic amines is 2. The highest BCUT2D eigenvalue weighted by Crippen LogP contribution is 2.10. The zero-order chi connectivity index (χ0) is 43.6. The predicted molar refractivity (Wildman–Crippen MR) is 204 cm³/mol. The van der Waals surface area contributed by atoms with Crippen molar-refractivity contribution < 1.29 is 53.4 Å². The number of nitrogens with one attached hydrogen (secondary N) is 9. The first kappa shape index (κ1) is 46.9. The Morgan fingerprint density at radius 3 is 1.73 bits per heavy atom. The van der Waals surface area contributed by atoms with Gasteiger partial charge in [-0.2, -0.15) is 0 Å². The molecule has 24 heteroatoms. The lowest BCUT2D eigenvalue weighted by Crippen LogP contribution is -2.61. The standard InChI is InChI=1S/C35H53N13O11/c1-17(2)8-22(31(54)47-25(35(58)59)10-19-13-39-16-42-19)44-32(55)23(9-18-12-38-15-41-18)45-34(57)26(14-49)48-30(53)21(5-6-27(36)50)43-33(56)24(11-28(37)51)46-29(52)20-4-3-7-40-20/h12-13,15-17,20-26,40,49H,3-11,14H2,1-2H3,(H2,36,50)(H2,37,51)(H,38,41)(H,39,42)(H,43,56)(H,44,55)(H,45,57)(H,46,52)(H,47,54)(H,48,53)(H,58,59)/t20-,21-,22-,23-,24-,25-,26-/m0/s1. The molecule has 1 aliphatic heterocycles. The summed E-state index contributed by atoms with van der Waals surface area (Å²) in [5.41, 5.74) is 11.4. The number of carbonyl (C=O) groups excluding carboxylic acids is 8. The number of rotatable bonds is 25. The van der Waals surface area contributed by atoms with E-state index in [1.807, 2.05) is 0 Å². The molecule has 24 nitrogen and oxygen atoms in total. The smallest absolute Gasteiger partial charge is 0.326 e. The van der Waals surface area contributed by atoms with Gasteiger partial charge in [-0.25, -0.2) is 14.8 Å². The van der Waals surface area contributed by atoms with Crippen LogP contribution in [0.1, 0.15) is 63.8 Å². The van der Waals surface area contributed by atoms with Gasteiger partial charge in [-0.05, 0) is 38.1 Å². The van der Waals surface area contributed by atoms with E-state index in [1.54, 1.807) is 13.8 Å². The summed E-state index contributed by atoms with van der Waals surface area (Å²) in [7, 11) is 0. The van der Waals surface area contributed by atoms with Crippen molar-refractivity contribution >= 4 is 53.2 Å². The number of amides is 8. The largest absolute Gasteiger partial charge is 0.480 e. The summed E-state index contributed by atoms with van der Waals surface area (Å²) in [4.78, 5) is 129. The van der Waals surface area contributed by atoms with Crippen LogP contribution in [0.2, 0.25) is 0 Å². The fourth-order valence-electron chi connectivity index (χ4n) is 6.05. The number of imidazole rings is 2. The Kier molecular flexibility index (Phi) is 18.4. The monoisotopic (exact) mass is 831 g/mol. The first-order valence-electron chi connectivity index (χ1n) is 18.9. The second kappa shape index (κ2) is 23.1. The number of hydrogen-bond donors (Lipinski definition) is 13. The van der Waals surface area contributed by atoms with Gasteiger partial charge in [0.15, 0.2) is 0 Å². The zero-order valence-electron chi connectivity index (χ0n) is 32.6. The van der Waals surface area contributed by atoms with E-state index in [2.05, 4.69) is 57.2 Å². The summed E-state index contributed by atoms with van der Waals surface area (Å²) < 4.78 is 0. The van der Waals surface area contributed by atoms with Crippen LogP contribution in [0, 0.1) is 5.92 Å². The van der Waals surface area contributed by atoms with Crippen LogP contribution in [0.4, 0.5) is 0 Å². The van der Waals surface area contributed by atoms with E-state index < -0.39 is 121 Å². The molecule has 2 aromatic rings. The van der Waals surface area contributed by atoms with Gasteiger partial charge < -0.3 is 68.9 Å². The van der Waals surface area contributed by atoms with E-state index in [0.29, 0.717) is 30.8 Å². The number of H-pyrrole nitrogens is 2. The number of hydrogen-bond acceptors (Lipinski definition) is 13. The minimum Gasteiger partial charge on any atom is -0.480 e. The van der Waals surface area contributed by atoms with Crippen molar-refractivity contribution in [1.82, 2.24) is 57.2 Å². The molecule has 0 unspecified atom stereocenters.